The number of carbonyl (C=O) groups excluding carboxylic acids is 1. The highest BCUT2D eigenvalue weighted by atomic mass is 32.2. The summed E-state index contributed by atoms with van der Waals surface area (Å²) in [7, 11) is 0. The molecule has 0 saturated carbocycles. The molecule has 0 radical (unpaired) electrons. The van der Waals surface area contributed by atoms with E-state index in [1.165, 1.54) is 0 Å². The summed E-state index contributed by atoms with van der Waals surface area (Å²) in [5.74, 6) is -0.918. The summed E-state index contributed by atoms with van der Waals surface area (Å²) in [5.41, 5.74) is 3.44. The number of cyclic esters (lactones) is 1. The maximum absolute atomic E-state index is 12.5. The summed E-state index contributed by atoms with van der Waals surface area (Å²) in [5, 5.41) is 9.15. The average Bonchev–Trinajstić information content (AvgIpc) is 2.69. The lowest BCUT2D eigenvalue weighted by atomic mass is 10.00. The van der Waals surface area contributed by atoms with E-state index >= 15 is 0 Å². The molecule has 0 aromatic heterocycles. The molecule has 0 aliphatic carbocycles. The van der Waals surface area contributed by atoms with Crippen molar-refractivity contribution in [3.05, 3.63) is 59.2 Å². The number of carboxylic acids is 1. The van der Waals surface area contributed by atoms with Crippen molar-refractivity contribution in [1.29, 1.82) is 0 Å². The molecule has 2 aromatic rings. The maximum Gasteiger partial charge on any atom is 0.414 e. The van der Waals surface area contributed by atoms with Crippen LogP contribution < -0.4 is 4.90 Å². The highest BCUT2D eigenvalue weighted by molar-refractivity contribution is 7.97. The molecular formula is C21H22N2O4S. The van der Waals surface area contributed by atoms with Gasteiger partial charge in [0.05, 0.1) is 11.3 Å². The van der Waals surface area contributed by atoms with Crippen LogP contribution in [0.3, 0.4) is 0 Å². The van der Waals surface area contributed by atoms with E-state index < -0.39 is 5.97 Å². The van der Waals surface area contributed by atoms with Gasteiger partial charge in [-0.3, -0.25) is 4.90 Å². The molecule has 0 atom stereocenters. The fraction of sp³-hybridized carbons (Fsp3) is 0.333. The van der Waals surface area contributed by atoms with E-state index in [9.17, 15) is 9.59 Å². The van der Waals surface area contributed by atoms with Crippen molar-refractivity contribution < 1.29 is 19.4 Å². The predicted octanol–water partition coefficient (Wildman–Crippen LogP) is 4.32. The summed E-state index contributed by atoms with van der Waals surface area (Å²) < 4.78 is 7.62. The summed E-state index contributed by atoms with van der Waals surface area (Å²) in [6, 6.07) is 13.1. The fourth-order valence-electron chi connectivity index (χ4n) is 3.84. The molecule has 0 spiro atoms. The number of fused-ring (bicyclic) bond motifs is 1. The summed E-state index contributed by atoms with van der Waals surface area (Å²) in [6.45, 7) is 4.00. The number of carbonyl (C=O) groups is 2. The van der Waals surface area contributed by atoms with Gasteiger partial charge >= 0.3 is 12.1 Å². The zero-order valence-electron chi connectivity index (χ0n) is 15.6. The van der Waals surface area contributed by atoms with Crippen molar-refractivity contribution in [3.8, 4) is 0 Å². The lowest BCUT2D eigenvalue weighted by molar-refractivity contribution is 0.0696. The van der Waals surface area contributed by atoms with Crippen molar-refractivity contribution in [3.63, 3.8) is 0 Å². The largest absolute Gasteiger partial charge is 0.478 e. The summed E-state index contributed by atoms with van der Waals surface area (Å²) >= 11 is 1.57. The van der Waals surface area contributed by atoms with Crippen LogP contribution in [-0.2, 0) is 11.3 Å². The first-order valence-electron chi connectivity index (χ1n) is 9.33. The van der Waals surface area contributed by atoms with Crippen LogP contribution in [0.2, 0.25) is 0 Å². The van der Waals surface area contributed by atoms with Crippen molar-refractivity contribution >= 4 is 29.7 Å². The number of hydrogen-bond donors (Lipinski definition) is 1. The Hall–Kier alpha value is -2.51. The van der Waals surface area contributed by atoms with E-state index in [0.717, 1.165) is 47.6 Å². The van der Waals surface area contributed by atoms with E-state index in [-0.39, 0.29) is 12.1 Å². The van der Waals surface area contributed by atoms with E-state index in [1.54, 1.807) is 30.1 Å². The molecule has 146 valence electrons. The van der Waals surface area contributed by atoms with Gasteiger partial charge in [0.15, 0.2) is 0 Å². The first-order valence-corrected chi connectivity index (χ1v) is 10.1. The number of ether oxygens (including phenoxy) is 1. The third-order valence-corrected chi connectivity index (χ3v) is 6.30. The second kappa shape index (κ2) is 7.85. The van der Waals surface area contributed by atoms with E-state index in [0.29, 0.717) is 12.2 Å². The third kappa shape index (κ3) is 3.72. The minimum absolute atomic E-state index is 0.106. The Labute approximate surface area is 168 Å². The van der Waals surface area contributed by atoms with Crippen LogP contribution in [0.1, 0.15) is 34.3 Å². The molecular weight excluding hydrogens is 376 g/mol. The van der Waals surface area contributed by atoms with Gasteiger partial charge < -0.3 is 9.84 Å². The Morgan fingerprint density at radius 3 is 2.68 bits per heavy atom. The van der Waals surface area contributed by atoms with Gasteiger partial charge in [-0.05, 0) is 55.5 Å². The van der Waals surface area contributed by atoms with Gasteiger partial charge in [-0.15, -0.1) is 0 Å². The third-order valence-electron chi connectivity index (χ3n) is 5.21. The lowest BCUT2D eigenvalue weighted by Gasteiger charge is -2.40. The van der Waals surface area contributed by atoms with Crippen LogP contribution in [0.15, 0.2) is 47.4 Å². The Bertz CT molecular complexity index is 909. The van der Waals surface area contributed by atoms with Gasteiger partial charge in [-0.25, -0.2) is 13.9 Å². The molecule has 4 rings (SSSR count). The lowest BCUT2D eigenvalue weighted by Crippen LogP contribution is -2.48. The van der Waals surface area contributed by atoms with Crippen LogP contribution in [-0.4, -0.2) is 40.6 Å². The van der Waals surface area contributed by atoms with Gasteiger partial charge in [0.2, 0.25) is 0 Å². The predicted molar refractivity (Wildman–Crippen MR) is 108 cm³/mol. The van der Waals surface area contributed by atoms with E-state index in [2.05, 4.69) is 4.31 Å². The summed E-state index contributed by atoms with van der Waals surface area (Å²) in [4.78, 5) is 26.4. The van der Waals surface area contributed by atoms with Crippen LogP contribution in [0, 0.1) is 6.92 Å². The van der Waals surface area contributed by atoms with Crippen molar-refractivity contribution in [2.24, 2.45) is 0 Å². The Morgan fingerprint density at radius 2 is 1.93 bits per heavy atom. The van der Waals surface area contributed by atoms with Crippen molar-refractivity contribution in [2.75, 3.05) is 18.0 Å². The van der Waals surface area contributed by atoms with Gasteiger partial charge in [0.1, 0.15) is 6.61 Å². The molecule has 0 bridgehead atoms. The smallest absolute Gasteiger partial charge is 0.414 e. The average molecular weight is 398 g/mol. The number of nitrogens with zero attached hydrogens (tertiary/aromatic N) is 2. The number of para-hydroxylation sites is 1. The van der Waals surface area contributed by atoms with Crippen LogP contribution in [0.25, 0.3) is 0 Å². The van der Waals surface area contributed by atoms with Crippen LogP contribution >= 0.6 is 11.9 Å². The number of piperidine rings is 1. The molecule has 28 heavy (non-hydrogen) atoms. The monoisotopic (exact) mass is 398 g/mol. The standard InChI is InChI=1S/C21H22N2O4S/c1-14-4-2-6-16-13-27-21(26)23(19(14)16)17-8-10-22(11-9-17)28-18-7-3-5-15(12-18)20(24)25/h2-7,12,17H,8-11,13H2,1H3,(H,24,25). The fourth-order valence-corrected chi connectivity index (χ4v) is 4.85. The van der Waals surface area contributed by atoms with E-state index in [4.69, 9.17) is 9.84 Å². The topological polar surface area (TPSA) is 70.1 Å². The molecule has 2 aromatic carbocycles. The van der Waals surface area contributed by atoms with E-state index in [1.807, 2.05) is 36.1 Å². The number of anilines is 1. The number of aryl methyl sites for hydroxylation is 1. The number of aromatic carboxylic acids is 1. The van der Waals surface area contributed by atoms with Gasteiger partial charge in [0.25, 0.3) is 0 Å². The maximum atomic E-state index is 12.5. The SMILES string of the molecule is Cc1cccc2c1N(C1CCN(Sc3cccc(C(=O)O)c3)CC1)C(=O)OC2. The zero-order valence-corrected chi connectivity index (χ0v) is 16.4. The highest BCUT2D eigenvalue weighted by Crippen LogP contribution is 2.36. The summed E-state index contributed by atoms with van der Waals surface area (Å²) in [6.07, 6.45) is 1.42. The number of amides is 1. The second-order valence-electron chi connectivity index (χ2n) is 7.09. The molecule has 1 amide bonds. The molecule has 6 nitrogen and oxygen atoms in total. The quantitative estimate of drug-likeness (QED) is 0.774. The molecule has 1 fully saturated rings. The first kappa shape index (κ1) is 18.8. The highest BCUT2D eigenvalue weighted by Gasteiger charge is 2.35. The molecule has 2 aliphatic heterocycles. The minimum Gasteiger partial charge on any atom is -0.478 e. The van der Waals surface area contributed by atoms with Gasteiger partial charge in [-0.2, -0.15) is 0 Å². The molecule has 1 N–H and O–H groups in total. The Balaban J connectivity index is 1.44. The number of rotatable bonds is 4. The zero-order chi connectivity index (χ0) is 19.7. The first-order chi connectivity index (χ1) is 13.5. The molecule has 2 aliphatic rings. The van der Waals surface area contributed by atoms with Crippen molar-refractivity contribution in [1.82, 2.24) is 4.31 Å². The van der Waals surface area contributed by atoms with Crippen LogP contribution in [0.4, 0.5) is 10.5 Å². The normalized spacial score (nSPS) is 17.9. The number of benzene rings is 2. The molecule has 1 saturated heterocycles. The Morgan fingerprint density at radius 1 is 1.18 bits per heavy atom. The molecule has 2 heterocycles. The minimum atomic E-state index is -0.918. The van der Waals surface area contributed by atoms with Gasteiger partial charge in [0, 0.05) is 29.6 Å². The molecule has 0 unspecified atom stereocenters. The van der Waals surface area contributed by atoms with Crippen molar-refractivity contribution in [2.45, 2.75) is 37.3 Å². The number of hydrogen-bond acceptors (Lipinski definition) is 5. The van der Waals surface area contributed by atoms with Crippen LogP contribution in [0.5, 0.6) is 0 Å². The van der Waals surface area contributed by atoms with Gasteiger partial charge in [-0.1, -0.05) is 24.3 Å². The molecule has 7 heteroatoms. The second-order valence-corrected chi connectivity index (χ2v) is 8.26. The number of carboxylic acid groups (broad SMARTS) is 1. The Kier molecular flexibility index (Phi) is 5.28.